The molecule has 0 aliphatic carbocycles. The topological polar surface area (TPSA) is 86.7 Å². The number of carbonyl (C=O) groups excluding carboxylic acids is 1. The van der Waals surface area contributed by atoms with Crippen LogP contribution in [0.4, 0.5) is 10.5 Å². The maximum absolute atomic E-state index is 13.1. The highest BCUT2D eigenvalue weighted by molar-refractivity contribution is 5.67. The Kier molecular flexibility index (Phi) is 13.6. The van der Waals surface area contributed by atoms with Crippen molar-refractivity contribution in [3.05, 3.63) is 95.1 Å². The Morgan fingerprint density at radius 1 is 0.872 bits per heavy atom. The maximum atomic E-state index is 13.1. The first-order valence-corrected chi connectivity index (χ1v) is 16.7. The molecule has 0 fully saturated rings. The summed E-state index contributed by atoms with van der Waals surface area (Å²) in [5.41, 5.74) is 4.90. The zero-order valence-corrected chi connectivity index (χ0v) is 28.8. The van der Waals surface area contributed by atoms with Crippen LogP contribution in [0.1, 0.15) is 67.9 Å². The molecule has 1 aliphatic rings. The predicted octanol–water partition coefficient (Wildman–Crippen LogP) is 6.99. The van der Waals surface area contributed by atoms with Crippen LogP contribution in [0, 0.1) is 0 Å². The van der Waals surface area contributed by atoms with E-state index in [1.54, 1.807) is 4.90 Å². The summed E-state index contributed by atoms with van der Waals surface area (Å²) >= 11 is 0. The number of hydrogen-bond acceptors (Lipinski definition) is 7. The Hall–Kier alpha value is -3.47. The lowest BCUT2D eigenvalue weighted by Gasteiger charge is -2.33. The van der Waals surface area contributed by atoms with Gasteiger partial charge >= 0.3 is 6.09 Å². The second kappa shape index (κ2) is 17.6. The van der Waals surface area contributed by atoms with E-state index in [0.29, 0.717) is 45.1 Å². The molecule has 47 heavy (non-hydrogen) atoms. The summed E-state index contributed by atoms with van der Waals surface area (Å²) in [6.07, 6.45) is 2.33. The highest BCUT2D eigenvalue weighted by Crippen LogP contribution is 2.33. The molecule has 0 saturated carbocycles. The molecule has 0 radical (unpaired) electrons. The predicted molar refractivity (Wildman–Crippen MR) is 184 cm³/mol. The summed E-state index contributed by atoms with van der Waals surface area (Å²) < 4.78 is 29.7. The molecule has 1 heterocycles. The molecule has 0 saturated heterocycles. The van der Waals surface area contributed by atoms with Crippen molar-refractivity contribution < 1.29 is 33.6 Å². The van der Waals surface area contributed by atoms with Crippen LogP contribution in [0.5, 0.6) is 5.75 Å². The number of carbonyl (C=O) groups is 1. The van der Waals surface area contributed by atoms with Gasteiger partial charge in [-0.05, 0) is 47.7 Å². The molecule has 1 amide bonds. The Balaban J connectivity index is 1.17. The molecule has 1 N–H and O–H groups in total. The van der Waals surface area contributed by atoms with Gasteiger partial charge in [-0.1, -0.05) is 61.4 Å². The fourth-order valence-electron chi connectivity index (χ4n) is 5.28. The number of unbranched alkanes of at least 4 members (excludes halogenated alkanes) is 3. The fraction of sp³-hybridized carbons (Fsp3) is 0.500. The largest absolute Gasteiger partial charge is 0.463 e. The summed E-state index contributed by atoms with van der Waals surface area (Å²) in [4.78, 5) is 14.8. The average Bonchev–Trinajstić information content (AvgIpc) is 3.05. The van der Waals surface area contributed by atoms with E-state index in [9.17, 15) is 9.90 Å². The van der Waals surface area contributed by atoms with Gasteiger partial charge in [0.25, 0.3) is 0 Å². The van der Waals surface area contributed by atoms with E-state index in [1.165, 1.54) is 5.69 Å². The molecule has 0 bridgehead atoms. The van der Waals surface area contributed by atoms with Crippen LogP contribution in [0.25, 0.3) is 0 Å². The molecule has 3 aromatic carbocycles. The van der Waals surface area contributed by atoms with Crippen molar-refractivity contribution in [1.82, 2.24) is 9.38 Å². The van der Waals surface area contributed by atoms with Crippen LogP contribution in [0.2, 0.25) is 0 Å². The molecule has 4 rings (SSSR count). The number of hydrogen-bond donors (Lipinski definition) is 1. The monoisotopic (exact) mass is 649 g/mol. The van der Waals surface area contributed by atoms with Gasteiger partial charge in [0.1, 0.15) is 18.0 Å². The molecule has 256 valence electrons. The molecule has 0 unspecified atom stereocenters. The van der Waals surface area contributed by atoms with Crippen LogP contribution in [0.15, 0.2) is 72.8 Å². The summed E-state index contributed by atoms with van der Waals surface area (Å²) in [7, 11) is 6.46. The maximum Gasteiger partial charge on any atom is 0.410 e. The molecule has 0 spiro atoms. The van der Waals surface area contributed by atoms with Crippen LogP contribution in [0.3, 0.4) is 0 Å². The van der Waals surface area contributed by atoms with E-state index in [0.717, 1.165) is 52.6 Å². The van der Waals surface area contributed by atoms with Crippen LogP contribution in [-0.2, 0) is 38.8 Å². The lowest BCUT2D eigenvalue weighted by Crippen LogP contribution is -2.36. The molecule has 9 heteroatoms. The number of fused-ring (bicyclic) bond motifs is 1. The van der Waals surface area contributed by atoms with Gasteiger partial charge in [-0.3, -0.25) is 4.48 Å². The summed E-state index contributed by atoms with van der Waals surface area (Å²) in [6.45, 7) is 7.29. The van der Waals surface area contributed by atoms with Crippen LogP contribution in [-0.4, -0.2) is 75.9 Å². The minimum atomic E-state index is -0.878. The van der Waals surface area contributed by atoms with E-state index < -0.39 is 18.0 Å². The Morgan fingerprint density at radius 2 is 1.62 bits per heavy atom. The number of ether oxygens (including phenoxy) is 5. The van der Waals surface area contributed by atoms with Gasteiger partial charge in [-0.25, -0.2) is 4.79 Å². The van der Waals surface area contributed by atoms with E-state index in [1.807, 2.05) is 62.4 Å². The van der Waals surface area contributed by atoms with E-state index in [2.05, 4.69) is 45.4 Å². The molecule has 1 atom stereocenters. The number of amides is 1. The van der Waals surface area contributed by atoms with Gasteiger partial charge in [0.15, 0.2) is 0 Å². The van der Waals surface area contributed by atoms with Crippen LogP contribution >= 0.6 is 0 Å². The SMILES string of the molecule is CC1(C)OCc2cc([C@@H](O)CN(CCCCCCOCCOCc3cccc([N+](C)(C)C)c3)C(=O)OCc3ccccc3)ccc2O1. The summed E-state index contributed by atoms with van der Waals surface area (Å²) in [5.74, 6) is 0.0562. The molecule has 1 aliphatic heterocycles. The Bertz CT molecular complexity index is 1390. The Labute approximate surface area is 280 Å². The highest BCUT2D eigenvalue weighted by Gasteiger charge is 2.28. The molecular weight excluding hydrogens is 596 g/mol. The number of nitrogens with zero attached hydrogens (tertiary/aromatic N) is 2. The first kappa shape index (κ1) is 36.4. The molecule has 3 aromatic rings. The molecular formula is C38H53N2O7+. The quantitative estimate of drug-likeness (QED) is 0.117. The van der Waals surface area contributed by atoms with Crippen LogP contribution < -0.4 is 9.22 Å². The minimum absolute atomic E-state index is 0.127. The summed E-state index contributed by atoms with van der Waals surface area (Å²) in [6, 6.07) is 23.7. The highest BCUT2D eigenvalue weighted by atomic mass is 16.7. The number of aliphatic hydroxyl groups is 1. The van der Waals surface area contributed by atoms with Gasteiger partial charge in [-0.2, -0.15) is 0 Å². The van der Waals surface area contributed by atoms with Crippen molar-refractivity contribution in [2.24, 2.45) is 0 Å². The van der Waals surface area contributed by atoms with Crippen molar-refractivity contribution >= 4 is 11.8 Å². The van der Waals surface area contributed by atoms with Crippen molar-refractivity contribution in [3.63, 3.8) is 0 Å². The third-order valence-electron chi connectivity index (χ3n) is 8.05. The molecule has 0 aromatic heterocycles. The summed E-state index contributed by atoms with van der Waals surface area (Å²) in [5, 5.41) is 11.1. The minimum Gasteiger partial charge on any atom is -0.463 e. The lowest BCUT2D eigenvalue weighted by molar-refractivity contribution is -0.180. The zero-order chi connectivity index (χ0) is 33.7. The van der Waals surface area contributed by atoms with E-state index in [-0.39, 0.29) is 13.2 Å². The second-order valence-corrected chi connectivity index (χ2v) is 13.4. The van der Waals surface area contributed by atoms with Crippen molar-refractivity contribution in [2.75, 3.05) is 54.1 Å². The lowest BCUT2D eigenvalue weighted by atomic mass is 10.0. The number of benzene rings is 3. The van der Waals surface area contributed by atoms with Gasteiger partial charge < -0.3 is 33.7 Å². The zero-order valence-electron chi connectivity index (χ0n) is 28.8. The number of rotatable bonds is 18. The first-order chi connectivity index (χ1) is 22.5. The van der Waals surface area contributed by atoms with E-state index in [4.69, 9.17) is 23.7 Å². The number of quaternary nitrogens is 1. The fourth-order valence-corrected chi connectivity index (χ4v) is 5.28. The second-order valence-electron chi connectivity index (χ2n) is 13.4. The van der Waals surface area contributed by atoms with Crippen molar-refractivity contribution in [1.29, 1.82) is 0 Å². The normalized spacial score (nSPS) is 14.6. The third-order valence-corrected chi connectivity index (χ3v) is 8.05. The van der Waals surface area contributed by atoms with Gasteiger partial charge in [0, 0.05) is 38.6 Å². The third kappa shape index (κ3) is 12.2. The molecule has 9 nitrogen and oxygen atoms in total. The van der Waals surface area contributed by atoms with Gasteiger partial charge in [0.05, 0.1) is 60.2 Å². The first-order valence-electron chi connectivity index (χ1n) is 16.7. The van der Waals surface area contributed by atoms with Gasteiger partial charge in [-0.15, -0.1) is 0 Å². The van der Waals surface area contributed by atoms with E-state index >= 15 is 0 Å². The standard InChI is InChI=1S/C38H53N2O7/c1-38(2)46-29-33-25-32(18-19-36(33)47-38)35(41)26-39(37(42)45-28-30-14-9-8-10-15-30)20-11-6-7-12-21-43-22-23-44-27-31-16-13-17-34(24-31)40(3,4)5/h8-10,13-19,24-25,35,41H,6-7,11-12,20-23,26-29H2,1-5H3/q+1/t35-/m0/s1. The van der Waals surface area contributed by atoms with Crippen molar-refractivity contribution in [2.45, 2.75) is 71.2 Å². The number of aliphatic hydroxyl groups excluding tert-OH is 1. The van der Waals surface area contributed by atoms with Gasteiger partial charge in [0.2, 0.25) is 5.79 Å². The smallest absolute Gasteiger partial charge is 0.410 e. The Morgan fingerprint density at radius 3 is 2.40 bits per heavy atom. The van der Waals surface area contributed by atoms with Crippen molar-refractivity contribution in [3.8, 4) is 5.75 Å². The average molecular weight is 650 g/mol.